The zero-order valence-corrected chi connectivity index (χ0v) is 15.5. The number of fused-ring (bicyclic) bond motifs is 1. The van der Waals surface area contributed by atoms with Crippen LogP contribution in [0.2, 0.25) is 0 Å². The summed E-state index contributed by atoms with van der Waals surface area (Å²) in [6.45, 7) is 7.66. The predicted molar refractivity (Wildman–Crippen MR) is 101 cm³/mol. The minimum atomic E-state index is -0.399. The van der Waals surface area contributed by atoms with E-state index in [1.165, 1.54) is 24.7 Å². The van der Waals surface area contributed by atoms with Crippen LogP contribution >= 0.6 is 0 Å². The highest BCUT2D eigenvalue weighted by atomic mass is 16.5. The second-order valence-electron chi connectivity index (χ2n) is 7.72. The van der Waals surface area contributed by atoms with E-state index in [4.69, 9.17) is 9.47 Å². The van der Waals surface area contributed by atoms with Crippen molar-refractivity contribution in [3.05, 3.63) is 60.6 Å². The molecular weight excluding hydrogens is 342 g/mol. The molecule has 2 fully saturated rings. The summed E-state index contributed by atoms with van der Waals surface area (Å²) in [5.41, 5.74) is 3.13. The van der Waals surface area contributed by atoms with Gasteiger partial charge >= 0.3 is 12.1 Å². The Morgan fingerprint density at radius 1 is 1.15 bits per heavy atom. The van der Waals surface area contributed by atoms with Gasteiger partial charge in [-0.1, -0.05) is 32.1 Å². The number of hydrogen-bond donors (Lipinski definition) is 0. The highest BCUT2D eigenvalue weighted by Crippen LogP contribution is 2.55. The van der Waals surface area contributed by atoms with Crippen LogP contribution in [-0.4, -0.2) is 29.5 Å². The quantitative estimate of drug-likeness (QED) is 0.589. The molecule has 27 heavy (non-hydrogen) atoms. The third-order valence-electron chi connectivity index (χ3n) is 6.68. The van der Waals surface area contributed by atoms with Crippen molar-refractivity contribution in [1.82, 2.24) is 4.90 Å². The van der Waals surface area contributed by atoms with E-state index in [0.717, 1.165) is 37.5 Å². The van der Waals surface area contributed by atoms with Crippen LogP contribution in [-0.2, 0) is 21.3 Å². The molecule has 0 spiro atoms. The molecule has 1 heterocycles. The predicted octanol–water partition coefficient (Wildman–Crippen LogP) is 4.33. The molecule has 2 aliphatic carbocycles. The van der Waals surface area contributed by atoms with Crippen LogP contribution in [0.5, 0.6) is 0 Å². The third-order valence-corrected chi connectivity index (χ3v) is 6.68. The third kappa shape index (κ3) is 2.76. The van der Waals surface area contributed by atoms with Crippen LogP contribution in [0.4, 0.5) is 4.79 Å². The topological polar surface area (TPSA) is 55.8 Å². The van der Waals surface area contributed by atoms with Gasteiger partial charge in [-0.2, -0.15) is 0 Å². The van der Waals surface area contributed by atoms with Crippen molar-refractivity contribution in [2.24, 2.45) is 5.92 Å². The molecule has 1 aliphatic heterocycles. The maximum absolute atomic E-state index is 12.5. The second-order valence-corrected chi connectivity index (χ2v) is 7.72. The Balaban J connectivity index is 1.76. The Labute approximate surface area is 159 Å². The van der Waals surface area contributed by atoms with E-state index >= 15 is 0 Å². The molecule has 0 unspecified atom stereocenters. The van der Waals surface area contributed by atoms with Crippen molar-refractivity contribution in [3.8, 4) is 0 Å². The van der Waals surface area contributed by atoms with E-state index < -0.39 is 5.97 Å². The SMILES string of the molecule is C=COC(=O)c1ccc2c(c1)C[C@@H]1[C@@H]3CCCC[C@]23CCN1C(=O)OC=C. The summed E-state index contributed by atoms with van der Waals surface area (Å²) in [7, 11) is 0. The van der Waals surface area contributed by atoms with E-state index in [1.807, 2.05) is 17.0 Å². The molecule has 0 aromatic heterocycles. The molecule has 3 atom stereocenters. The van der Waals surface area contributed by atoms with Crippen molar-refractivity contribution < 1.29 is 19.1 Å². The Kier molecular flexibility index (Phi) is 4.54. The van der Waals surface area contributed by atoms with Gasteiger partial charge in [0.1, 0.15) is 0 Å². The maximum atomic E-state index is 12.5. The molecule has 142 valence electrons. The zero-order chi connectivity index (χ0) is 19.0. The molecule has 2 bridgehead atoms. The van der Waals surface area contributed by atoms with Crippen molar-refractivity contribution in [1.29, 1.82) is 0 Å². The fourth-order valence-corrected chi connectivity index (χ4v) is 5.67. The zero-order valence-electron chi connectivity index (χ0n) is 15.5. The Hall–Kier alpha value is -2.56. The number of nitrogens with zero attached hydrogens (tertiary/aromatic N) is 1. The molecule has 1 saturated heterocycles. The van der Waals surface area contributed by atoms with Gasteiger partial charge in [0.2, 0.25) is 0 Å². The van der Waals surface area contributed by atoms with E-state index in [9.17, 15) is 9.59 Å². The first-order valence-electron chi connectivity index (χ1n) is 9.64. The van der Waals surface area contributed by atoms with Gasteiger partial charge in [0.05, 0.1) is 18.1 Å². The minimum absolute atomic E-state index is 0.0995. The second kappa shape index (κ2) is 6.87. The normalized spacial score (nSPS) is 28.4. The molecule has 4 rings (SSSR count). The van der Waals surface area contributed by atoms with Gasteiger partial charge in [0, 0.05) is 18.0 Å². The number of rotatable bonds is 3. The monoisotopic (exact) mass is 367 g/mol. The first-order chi connectivity index (χ1) is 13.1. The Morgan fingerprint density at radius 2 is 1.96 bits per heavy atom. The van der Waals surface area contributed by atoms with Crippen molar-refractivity contribution >= 4 is 12.1 Å². The van der Waals surface area contributed by atoms with E-state index in [0.29, 0.717) is 18.0 Å². The summed E-state index contributed by atoms with van der Waals surface area (Å²) < 4.78 is 10.0. The number of ether oxygens (including phenoxy) is 2. The number of carbonyl (C=O) groups is 2. The lowest BCUT2D eigenvalue weighted by Crippen LogP contribution is -2.62. The fourth-order valence-electron chi connectivity index (χ4n) is 5.67. The molecule has 0 N–H and O–H groups in total. The minimum Gasteiger partial charge on any atom is -0.432 e. The first-order valence-corrected chi connectivity index (χ1v) is 9.64. The Bertz CT molecular complexity index is 802. The standard InChI is InChI=1S/C22H25NO4/c1-3-26-20(24)15-8-9-17-16(13-15)14-19-18-7-5-6-10-22(17,18)11-12-23(19)21(25)27-4-2/h3-4,8-9,13,18-19H,1-2,5-7,10-12,14H2/t18-,19+,22-/m0/s1. The number of likely N-dealkylation sites (tertiary alicyclic amines) is 1. The summed E-state index contributed by atoms with van der Waals surface area (Å²) in [5, 5.41) is 0. The molecule has 0 radical (unpaired) electrons. The van der Waals surface area contributed by atoms with E-state index in [2.05, 4.69) is 19.2 Å². The summed E-state index contributed by atoms with van der Waals surface area (Å²) >= 11 is 0. The van der Waals surface area contributed by atoms with E-state index in [1.54, 1.807) is 0 Å². The van der Waals surface area contributed by atoms with Gasteiger partial charge in [-0.3, -0.25) is 0 Å². The van der Waals surface area contributed by atoms with Crippen molar-refractivity contribution in [3.63, 3.8) is 0 Å². The number of carbonyl (C=O) groups excluding carboxylic acids is 2. The largest absolute Gasteiger partial charge is 0.432 e. The molecule has 5 nitrogen and oxygen atoms in total. The lowest BCUT2D eigenvalue weighted by molar-refractivity contribution is -0.00421. The fraction of sp³-hybridized carbons (Fsp3) is 0.455. The van der Waals surface area contributed by atoms with Crippen LogP contribution in [0.25, 0.3) is 0 Å². The summed E-state index contributed by atoms with van der Waals surface area (Å²) in [6.07, 6.45) is 8.38. The van der Waals surface area contributed by atoms with Crippen LogP contribution < -0.4 is 0 Å². The van der Waals surface area contributed by atoms with Crippen LogP contribution in [0, 0.1) is 5.92 Å². The Morgan fingerprint density at radius 3 is 2.74 bits per heavy atom. The highest BCUT2D eigenvalue weighted by molar-refractivity contribution is 5.90. The molecule has 1 amide bonds. The number of hydrogen-bond acceptors (Lipinski definition) is 4. The van der Waals surface area contributed by atoms with Gasteiger partial charge in [0.15, 0.2) is 0 Å². The first kappa shape index (κ1) is 17.8. The molecule has 1 saturated carbocycles. The van der Waals surface area contributed by atoms with Crippen molar-refractivity contribution in [2.75, 3.05) is 6.54 Å². The number of esters is 1. The number of piperidine rings is 1. The van der Waals surface area contributed by atoms with Gasteiger partial charge in [-0.15, -0.1) is 0 Å². The maximum Gasteiger partial charge on any atom is 0.414 e. The van der Waals surface area contributed by atoms with E-state index in [-0.39, 0.29) is 17.6 Å². The molecule has 5 heteroatoms. The van der Waals surface area contributed by atoms with Crippen LogP contribution in [0.3, 0.4) is 0 Å². The average molecular weight is 367 g/mol. The molecule has 3 aliphatic rings. The summed E-state index contributed by atoms with van der Waals surface area (Å²) in [5.74, 6) is 0.0417. The average Bonchev–Trinajstić information content (AvgIpc) is 2.68. The smallest absolute Gasteiger partial charge is 0.414 e. The molecule has 1 aromatic carbocycles. The van der Waals surface area contributed by atoms with Crippen LogP contribution in [0.15, 0.2) is 43.9 Å². The summed E-state index contributed by atoms with van der Waals surface area (Å²) in [4.78, 5) is 26.5. The lowest BCUT2D eigenvalue weighted by Gasteiger charge is -2.58. The van der Waals surface area contributed by atoms with Gasteiger partial charge in [-0.25, -0.2) is 9.59 Å². The highest BCUT2D eigenvalue weighted by Gasteiger charge is 2.55. The number of benzene rings is 1. The lowest BCUT2D eigenvalue weighted by atomic mass is 9.52. The number of amides is 1. The van der Waals surface area contributed by atoms with Gasteiger partial charge < -0.3 is 14.4 Å². The summed E-state index contributed by atoms with van der Waals surface area (Å²) in [6, 6.07) is 6.01. The van der Waals surface area contributed by atoms with Gasteiger partial charge in [-0.05, 0) is 54.9 Å². The van der Waals surface area contributed by atoms with Crippen LogP contribution in [0.1, 0.15) is 53.6 Å². The molecule has 1 aromatic rings. The molecular formula is C22H25NO4. The van der Waals surface area contributed by atoms with Gasteiger partial charge in [0.25, 0.3) is 0 Å². The van der Waals surface area contributed by atoms with Crippen molar-refractivity contribution in [2.45, 2.75) is 50.0 Å².